The van der Waals surface area contributed by atoms with Gasteiger partial charge in [0.05, 0.1) is 26.0 Å². The van der Waals surface area contributed by atoms with Gasteiger partial charge in [0.25, 0.3) is 0 Å². The molecule has 0 aromatic rings. The van der Waals surface area contributed by atoms with Gasteiger partial charge < -0.3 is 136 Å². The molecule has 38 nitrogen and oxygen atoms in total. The molecule has 0 saturated heterocycles. The average Bonchev–Trinajstić information content (AvgIpc) is 0.760. The zero-order valence-corrected chi connectivity index (χ0v) is 67.1. The average molecular weight is 1590 g/mol. The van der Waals surface area contributed by atoms with Crippen molar-refractivity contribution >= 4 is 97.9 Å². The summed E-state index contributed by atoms with van der Waals surface area (Å²) in [5, 5.41) is 5.34. The van der Waals surface area contributed by atoms with Crippen LogP contribution in [0.1, 0.15) is 90.4 Å². The Labute approximate surface area is 558 Å². The summed E-state index contributed by atoms with van der Waals surface area (Å²) in [5.41, 5.74) is 3.58. The van der Waals surface area contributed by atoms with Gasteiger partial charge in [0.15, 0.2) is 6.73 Å². The van der Waals surface area contributed by atoms with Crippen molar-refractivity contribution in [1.82, 2.24) is 20.4 Å². The van der Waals surface area contributed by atoms with E-state index in [1.807, 2.05) is 6.55 Å². The number of hydrogen-bond donors (Lipinski definition) is 15. The van der Waals surface area contributed by atoms with Crippen LogP contribution in [0.15, 0.2) is 0 Å². The van der Waals surface area contributed by atoms with Crippen LogP contribution in [-0.4, -0.2) is 267 Å². The standard InChI is InChI=1S/C30H67N2O15P3Si3.C14H42N3O18P3Si3/c1-7-25-8-16-29(17-9-25)52(43-3,44-4)47-53(45-5,30-18-10-26(11-19-30)20-31-22-48(33,34)35)46-51(6,42-2)28-14-12-27(13-15-28)21-32(23-49(36,37)38)24-50(39,40)41;1-27-39(5,12-33-9-17(10-37(21,22)23)11-38(24,25)26)34-41(30-4,14-32-7-16-8-36(18,19)20)35-40(28-2,29-3)13-31-6-15/h25-31H,7-24H2,1-6H3,(H2,33,34,35)(H2,36,37,38)(H2,39,40,41);16H,6-15H2,1-5H3,(H2,18,19,20)(H2,21,22,23)(H2,24,25,26)/p+1. The first-order valence-electron chi connectivity index (χ1n) is 30.2. The third-order valence-electron chi connectivity index (χ3n) is 16.5. The minimum absolute atomic E-state index is 0.0146. The summed E-state index contributed by atoms with van der Waals surface area (Å²) in [7, 11) is -36.6. The van der Waals surface area contributed by atoms with Crippen molar-refractivity contribution in [2.24, 2.45) is 17.8 Å². The second-order valence-corrected chi connectivity index (χ2v) is 53.0. The second kappa shape index (κ2) is 41.2. The van der Waals surface area contributed by atoms with Gasteiger partial charge in [0.1, 0.15) is 43.9 Å². The maximum Gasteiger partial charge on any atom is 0.520 e. The number of nitrogens with zero attached hydrogens (tertiary/aromatic N) is 2. The molecular formula is C44H110N5O33P6Si6+. The first-order valence-corrected chi connectivity index (χ1v) is 53.4. The van der Waals surface area contributed by atoms with Gasteiger partial charge in [-0.15, -0.1) is 0 Å². The smallest absolute Gasteiger partial charge is 0.398 e. The van der Waals surface area contributed by atoms with Crippen LogP contribution in [0.25, 0.3) is 0 Å². The highest BCUT2D eigenvalue weighted by Crippen LogP contribution is 2.51. The number of quaternary nitrogens is 1. The molecule has 3 aliphatic rings. The van der Waals surface area contributed by atoms with E-state index in [-0.39, 0.29) is 67.2 Å². The summed E-state index contributed by atoms with van der Waals surface area (Å²) in [6.07, 6.45) is 5.43. The van der Waals surface area contributed by atoms with Crippen LogP contribution < -0.4 is 16.4 Å². The highest BCUT2D eigenvalue weighted by Gasteiger charge is 2.64. The van der Waals surface area contributed by atoms with Gasteiger partial charge in [-0.3, -0.25) is 42.5 Å². The van der Waals surface area contributed by atoms with Crippen molar-refractivity contribution in [2.75, 3.05) is 147 Å². The number of rotatable bonds is 47. The molecule has 0 spiro atoms. The summed E-state index contributed by atoms with van der Waals surface area (Å²) in [6, 6.07) is 0. The fraction of sp³-hybridized carbons (Fsp3) is 1.00. The minimum Gasteiger partial charge on any atom is -0.398 e. The van der Waals surface area contributed by atoms with Gasteiger partial charge in [0, 0.05) is 80.0 Å². The molecule has 4 atom stereocenters. The zero-order valence-electron chi connectivity index (χ0n) is 55.8. The SMILES string of the molecule is CCC1CCC([Si](OC)(OC)O[Si](OC)(O[Si](C)(OC)C2CCC(CN(CP(=O)(O)O)CP(=O)(O)O)CC2)C2CCC(CNCP(=O)(O)O)CC2)CC1.CO[Si](C)(COCN(CP(=O)(O)O)CP(=O)(O)O)O[Si](COCNCP(=O)(O)O)(OC)O[Si](COC[NH3+])(OC)OC. The molecule has 0 heterocycles. The molecule has 3 rings (SSSR count). The van der Waals surface area contributed by atoms with Crippen LogP contribution in [-0.2, 0) is 93.5 Å². The summed E-state index contributed by atoms with van der Waals surface area (Å²) in [6.45, 7) is 5.51. The van der Waals surface area contributed by atoms with Gasteiger partial charge in [0.2, 0.25) is 0 Å². The lowest BCUT2D eigenvalue weighted by Gasteiger charge is -2.49. The molecule has 0 amide bonds. The number of nitrogens with one attached hydrogen (secondary N) is 2. The Bertz CT molecular complexity index is 2420. The molecule has 0 bridgehead atoms. The van der Waals surface area contributed by atoms with E-state index in [4.69, 9.17) is 75.9 Å². The predicted octanol–water partition coefficient (Wildman–Crippen LogP) is 1.58. The van der Waals surface area contributed by atoms with E-state index in [9.17, 15) is 76.3 Å². The van der Waals surface area contributed by atoms with Crippen LogP contribution >= 0.6 is 45.6 Å². The Kier molecular flexibility index (Phi) is 40.1. The van der Waals surface area contributed by atoms with Gasteiger partial charge in [-0.25, -0.2) is 0 Å². The molecule has 0 aliphatic heterocycles. The molecule has 0 aromatic heterocycles. The third-order valence-corrected chi connectivity index (χ3v) is 43.6. The molecular weight excluding hydrogens is 1480 g/mol. The van der Waals surface area contributed by atoms with E-state index in [1.165, 1.54) is 39.9 Å². The monoisotopic (exact) mass is 1590 g/mol. The molecule has 562 valence electrons. The maximum atomic E-state index is 11.8. The largest absolute Gasteiger partial charge is 0.520 e. The lowest BCUT2D eigenvalue weighted by atomic mass is 9.87. The lowest BCUT2D eigenvalue weighted by molar-refractivity contribution is -0.429. The van der Waals surface area contributed by atoms with Crippen molar-refractivity contribution in [1.29, 1.82) is 0 Å². The summed E-state index contributed by atoms with van der Waals surface area (Å²) in [4.78, 5) is 114. The van der Waals surface area contributed by atoms with E-state index >= 15 is 0 Å². The van der Waals surface area contributed by atoms with E-state index in [0.29, 0.717) is 38.1 Å². The van der Waals surface area contributed by atoms with Crippen LogP contribution in [0.5, 0.6) is 0 Å². The predicted molar refractivity (Wildman–Crippen MR) is 351 cm³/mol. The molecule has 4 unspecified atom stereocenters. The first kappa shape index (κ1) is 91.5. The van der Waals surface area contributed by atoms with E-state index in [0.717, 1.165) is 62.7 Å². The van der Waals surface area contributed by atoms with E-state index in [2.05, 4.69) is 23.3 Å². The highest BCUT2D eigenvalue weighted by atomic mass is 31.2. The highest BCUT2D eigenvalue weighted by molar-refractivity contribution is 7.53. The lowest BCUT2D eigenvalue weighted by Crippen LogP contribution is -2.67. The van der Waals surface area contributed by atoms with Crippen LogP contribution in [0, 0.1) is 17.8 Å². The molecule has 50 heteroatoms. The van der Waals surface area contributed by atoms with Gasteiger partial charge in [-0.2, -0.15) is 0 Å². The molecule has 3 aliphatic carbocycles. The maximum absolute atomic E-state index is 11.8. The number of ether oxygens (including phenoxy) is 3. The second-order valence-electron chi connectivity index (χ2n) is 23.9. The summed E-state index contributed by atoms with van der Waals surface area (Å²) >= 11 is 0. The topological polar surface area (TPSA) is 542 Å². The van der Waals surface area contributed by atoms with Crippen molar-refractivity contribution in [2.45, 2.75) is 120 Å². The zero-order chi connectivity index (χ0) is 71.7. The van der Waals surface area contributed by atoms with Crippen LogP contribution in [0.2, 0.25) is 29.7 Å². The minimum atomic E-state index is -4.70. The number of hydrogen-bond acceptors (Lipinski definition) is 25. The Balaban J connectivity index is 0.000000664. The van der Waals surface area contributed by atoms with Gasteiger partial charge in [-0.05, 0) is 102 Å². The molecule has 3 saturated carbocycles. The van der Waals surface area contributed by atoms with Crippen molar-refractivity contribution < 1.29 is 158 Å². The van der Waals surface area contributed by atoms with E-state index < -0.39 is 142 Å². The third kappa shape index (κ3) is 34.3. The normalized spacial score (nSPS) is 23.7. The Morgan fingerprint density at radius 1 is 0.426 bits per heavy atom. The summed E-state index contributed by atoms with van der Waals surface area (Å²) in [5.74, 6) is 0.839. The quantitative estimate of drug-likeness (QED) is 0.0178. The van der Waals surface area contributed by atoms with E-state index in [1.54, 1.807) is 28.4 Å². The van der Waals surface area contributed by atoms with Crippen molar-refractivity contribution in [3.05, 3.63) is 0 Å². The van der Waals surface area contributed by atoms with Gasteiger partial charge in [-0.1, -0.05) is 26.2 Å². The fourth-order valence-electron chi connectivity index (χ4n) is 11.6. The Hall–Kier alpha value is 1.40. The summed E-state index contributed by atoms with van der Waals surface area (Å²) < 4.78 is 160. The molecule has 3 fully saturated rings. The van der Waals surface area contributed by atoms with Crippen molar-refractivity contribution in [3.8, 4) is 0 Å². The van der Waals surface area contributed by atoms with Crippen LogP contribution in [0.3, 0.4) is 0 Å². The van der Waals surface area contributed by atoms with Crippen LogP contribution in [0.4, 0.5) is 0 Å². The Morgan fingerprint density at radius 2 is 0.851 bits per heavy atom. The molecule has 0 aromatic carbocycles. The van der Waals surface area contributed by atoms with Gasteiger partial charge >= 0.3 is 97.9 Å². The van der Waals surface area contributed by atoms with Crippen molar-refractivity contribution in [3.63, 3.8) is 0 Å². The first-order chi connectivity index (χ1) is 43.3. The molecule has 94 heavy (non-hydrogen) atoms. The molecule has 0 radical (unpaired) electrons. The fourth-order valence-corrected chi connectivity index (χ4v) is 38.8. The Morgan fingerprint density at radius 3 is 1.27 bits per heavy atom. The molecule has 17 N–H and O–H groups in total.